The number of hydrogen-bond acceptors (Lipinski definition) is 4. The Kier molecular flexibility index (Phi) is 8.35. The van der Waals surface area contributed by atoms with E-state index in [1.807, 2.05) is 54.6 Å². The van der Waals surface area contributed by atoms with Gasteiger partial charge in [0, 0.05) is 11.6 Å². The van der Waals surface area contributed by atoms with Crippen molar-refractivity contribution in [2.24, 2.45) is 5.92 Å². The van der Waals surface area contributed by atoms with Crippen molar-refractivity contribution >= 4 is 11.9 Å². The van der Waals surface area contributed by atoms with Crippen molar-refractivity contribution in [3.05, 3.63) is 89.5 Å². The number of hydrogen-bond donors (Lipinski definition) is 2. The number of phenols is 1. The van der Waals surface area contributed by atoms with E-state index in [4.69, 9.17) is 4.74 Å². The Bertz CT molecular complexity index is 1110. The Morgan fingerprint density at radius 2 is 1.56 bits per heavy atom. The predicted octanol–water partition coefficient (Wildman–Crippen LogP) is 5.27. The maximum absolute atomic E-state index is 13.7. The Hall–Kier alpha value is -3.74. The lowest BCUT2D eigenvalue weighted by atomic mass is 9.94. The average Bonchev–Trinajstić information content (AvgIpc) is 2.83. The van der Waals surface area contributed by atoms with Gasteiger partial charge >= 0.3 is 5.97 Å². The topological polar surface area (TPSA) is 75.6 Å². The van der Waals surface area contributed by atoms with Crippen LogP contribution in [0.4, 0.5) is 8.78 Å². The number of benzene rings is 3. The third kappa shape index (κ3) is 6.41. The van der Waals surface area contributed by atoms with Gasteiger partial charge < -0.3 is 15.2 Å². The van der Waals surface area contributed by atoms with E-state index in [2.05, 4.69) is 5.32 Å². The number of esters is 1. The van der Waals surface area contributed by atoms with Crippen molar-refractivity contribution < 1.29 is 28.2 Å². The van der Waals surface area contributed by atoms with Crippen molar-refractivity contribution in [2.45, 2.75) is 32.7 Å². The number of aromatic hydroxyl groups is 1. The van der Waals surface area contributed by atoms with Crippen LogP contribution in [0.2, 0.25) is 0 Å². The molecule has 0 radical (unpaired) electrons. The van der Waals surface area contributed by atoms with E-state index in [9.17, 15) is 23.5 Å². The van der Waals surface area contributed by atoms with Crippen LogP contribution in [0, 0.1) is 17.6 Å². The average molecular weight is 468 g/mol. The van der Waals surface area contributed by atoms with Gasteiger partial charge in [0.15, 0.2) is 17.4 Å². The van der Waals surface area contributed by atoms with Gasteiger partial charge in [-0.2, -0.15) is 0 Å². The fraction of sp³-hybridized carbons (Fsp3) is 0.259. The molecule has 2 unspecified atom stereocenters. The summed E-state index contributed by atoms with van der Waals surface area (Å²) in [6.07, 6.45) is 0.668. The first-order chi connectivity index (χ1) is 16.3. The molecule has 2 atom stereocenters. The van der Waals surface area contributed by atoms with Gasteiger partial charge in [-0.3, -0.25) is 9.59 Å². The van der Waals surface area contributed by atoms with Crippen LogP contribution >= 0.6 is 0 Å². The molecular weight excluding hydrogens is 440 g/mol. The van der Waals surface area contributed by atoms with E-state index in [1.165, 1.54) is 0 Å². The minimum atomic E-state index is -1.22. The van der Waals surface area contributed by atoms with Crippen molar-refractivity contribution in [3.8, 4) is 16.9 Å². The quantitative estimate of drug-likeness (QED) is 0.421. The molecule has 0 aromatic heterocycles. The fourth-order valence-electron chi connectivity index (χ4n) is 3.71. The first-order valence-electron chi connectivity index (χ1n) is 11.1. The number of phenolic OH excluding ortho intramolecular Hbond substituents is 1. The van der Waals surface area contributed by atoms with E-state index in [0.717, 1.165) is 28.8 Å². The second kappa shape index (κ2) is 11.4. The molecule has 0 heterocycles. The summed E-state index contributed by atoms with van der Waals surface area (Å²) in [5.74, 6) is -5.18. The molecule has 1 amide bonds. The molecule has 0 fully saturated rings. The molecule has 0 aliphatic carbocycles. The number of carbonyl (C=O) groups is 2. The molecule has 34 heavy (non-hydrogen) atoms. The summed E-state index contributed by atoms with van der Waals surface area (Å²) in [4.78, 5) is 24.9. The second-order valence-corrected chi connectivity index (χ2v) is 8.11. The molecule has 2 N–H and O–H groups in total. The number of rotatable bonds is 9. The highest BCUT2D eigenvalue weighted by molar-refractivity contribution is 5.94. The highest BCUT2D eigenvalue weighted by Crippen LogP contribution is 2.23. The highest BCUT2D eigenvalue weighted by atomic mass is 19.1. The largest absolute Gasteiger partial charge is 0.503 e. The van der Waals surface area contributed by atoms with Crippen LogP contribution in [0.15, 0.2) is 66.7 Å². The molecular formula is C27H27F2NO4. The molecule has 3 aromatic carbocycles. The molecule has 7 heteroatoms. The van der Waals surface area contributed by atoms with Crippen LogP contribution in [0.3, 0.4) is 0 Å². The lowest BCUT2D eigenvalue weighted by Gasteiger charge is -2.22. The standard InChI is InChI=1S/C27H27F2NO4/c1-3-34-27(33)17(2)13-22(30-26(32)21-15-23(28)25(31)24(29)16-21)14-18-9-11-20(12-10-18)19-7-5-4-6-8-19/h4-12,15-17,22,31H,3,13-14H2,1-2H3,(H,30,32). The van der Waals surface area contributed by atoms with E-state index >= 15 is 0 Å². The highest BCUT2D eigenvalue weighted by Gasteiger charge is 2.23. The lowest BCUT2D eigenvalue weighted by molar-refractivity contribution is -0.147. The van der Waals surface area contributed by atoms with Gasteiger partial charge in [-0.1, -0.05) is 61.5 Å². The number of nitrogens with one attached hydrogen (secondary N) is 1. The zero-order chi connectivity index (χ0) is 24.7. The van der Waals surface area contributed by atoms with Crippen molar-refractivity contribution in [3.63, 3.8) is 0 Å². The molecule has 0 bridgehead atoms. The molecule has 5 nitrogen and oxygen atoms in total. The van der Waals surface area contributed by atoms with Gasteiger partial charge in [-0.25, -0.2) is 8.78 Å². The van der Waals surface area contributed by atoms with Gasteiger partial charge in [0.2, 0.25) is 0 Å². The number of carbonyl (C=O) groups excluding carboxylic acids is 2. The van der Waals surface area contributed by atoms with Crippen molar-refractivity contribution in [1.82, 2.24) is 5.32 Å². The van der Waals surface area contributed by atoms with Crippen LogP contribution in [0.1, 0.15) is 36.2 Å². The SMILES string of the molecule is CCOC(=O)C(C)CC(Cc1ccc(-c2ccccc2)cc1)NC(=O)c1cc(F)c(O)c(F)c1. The van der Waals surface area contributed by atoms with Crippen LogP contribution in [0.5, 0.6) is 5.75 Å². The lowest BCUT2D eigenvalue weighted by Crippen LogP contribution is -2.39. The summed E-state index contributed by atoms with van der Waals surface area (Å²) in [5.41, 5.74) is 2.77. The Morgan fingerprint density at radius 3 is 2.15 bits per heavy atom. The minimum absolute atomic E-state index is 0.243. The van der Waals surface area contributed by atoms with Crippen molar-refractivity contribution in [2.75, 3.05) is 6.61 Å². The molecule has 0 aliphatic heterocycles. The van der Waals surface area contributed by atoms with E-state index in [1.54, 1.807) is 13.8 Å². The van der Waals surface area contributed by atoms with Crippen molar-refractivity contribution in [1.29, 1.82) is 0 Å². The summed E-state index contributed by atoms with van der Waals surface area (Å²) < 4.78 is 32.5. The zero-order valence-electron chi connectivity index (χ0n) is 19.1. The maximum Gasteiger partial charge on any atom is 0.308 e. The van der Waals surface area contributed by atoms with Gasteiger partial charge in [0.25, 0.3) is 5.91 Å². The van der Waals surface area contributed by atoms with Crippen LogP contribution < -0.4 is 5.32 Å². The van der Waals surface area contributed by atoms with Gasteiger partial charge in [0.1, 0.15) is 0 Å². The molecule has 3 aromatic rings. The minimum Gasteiger partial charge on any atom is -0.503 e. The maximum atomic E-state index is 13.7. The normalized spacial score (nSPS) is 12.6. The summed E-state index contributed by atoms with van der Waals surface area (Å²) in [6, 6.07) is 18.8. The molecule has 0 spiro atoms. The summed E-state index contributed by atoms with van der Waals surface area (Å²) in [6.45, 7) is 3.66. The fourth-order valence-corrected chi connectivity index (χ4v) is 3.71. The molecule has 0 saturated carbocycles. The van der Waals surface area contributed by atoms with Crippen LogP contribution in [-0.4, -0.2) is 29.6 Å². The smallest absolute Gasteiger partial charge is 0.308 e. The third-order valence-electron chi connectivity index (χ3n) is 5.48. The van der Waals surface area contributed by atoms with E-state index < -0.39 is 35.3 Å². The number of halogens is 2. The summed E-state index contributed by atoms with van der Waals surface area (Å²) in [7, 11) is 0. The van der Waals surface area contributed by atoms with Gasteiger partial charge in [0.05, 0.1) is 12.5 Å². The van der Waals surface area contributed by atoms with Crippen LogP contribution in [-0.2, 0) is 16.0 Å². The Balaban J connectivity index is 1.79. The van der Waals surface area contributed by atoms with E-state index in [-0.39, 0.29) is 24.6 Å². The molecule has 3 rings (SSSR count). The second-order valence-electron chi connectivity index (χ2n) is 8.11. The molecule has 0 aliphatic rings. The first-order valence-corrected chi connectivity index (χ1v) is 11.1. The predicted molar refractivity (Wildman–Crippen MR) is 125 cm³/mol. The van der Waals surface area contributed by atoms with Crippen LogP contribution in [0.25, 0.3) is 11.1 Å². The number of amides is 1. The zero-order valence-corrected chi connectivity index (χ0v) is 19.1. The molecule has 0 saturated heterocycles. The first kappa shape index (κ1) is 24.9. The molecule has 178 valence electrons. The Morgan fingerprint density at radius 1 is 0.971 bits per heavy atom. The summed E-state index contributed by atoms with van der Waals surface area (Å²) >= 11 is 0. The Labute approximate surface area is 197 Å². The summed E-state index contributed by atoms with van der Waals surface area (Å²) in [5, 5.41) is 12.1. The van der Waals surface area contributed by atoms with Gasteiger partial charge in [-0.05, 0) is 48.6 Å². The third-order valence-corrected chi connectivity index (χ3v) is 5.48. The van der Waals surface area contributed by atoms with E-state index in [0.29, 0.717) is 6.42 Å². The monoisotopic (exact) mass is 467 g/mol. The van der Waals surface area contributed by atoms with Gasteiger partial charge in [-0.15, -0.1) is 0 Å². The number of ether oxygens (including phenoxy) is 1.